The zero-order valence-corrected chi connectivity index (χ0v) is 13.2. The maximum atomic E-state index is 3.58. The van der Waals surface area contributed by atoms with Gasteiger partial charge in [0, 0.05) is 26.9 Å². The maximum absolute atomic E-state index is 3.58. The Bertz CT molecular complexity index is 572. The van der Waals surface area contributed by atoms with Crippen LogP contribution in [-0.2, 0) is 6.42 Å². The van der Waals surface area contributed by atoms with Gasteiger partial charge in [-0.25, -0.2) is 0 Å². The molecule has 3 rings (SSSR count). The summed E-state index contributed by atoms with van der Waals surface area (Å²) >= 11 is 5.49. The first-order chi connectivity index (χ1) is 9.22. The summed E-state index contributed by atoms with van der Waals surface area (Å²) in [7, 11) is 0. The molecule has 2 aromatic carbocycles. The van der Waals surface area contributed by atoms with Crippen molar-refractivity contribution in [3.8, 4) is 0 Å². The van der Waals surface area contributed by atoms with Gasteiger partial charge in [0.05, 0.1) is 0 Å². The molecule has 0 fully saturated rings. The third-order valence-corrected chi connectivity index (χ3v) is 5.23. The van der Waals surface area contributed by atoms with Crippen molar-refractivity contribution in [2.45, 2.75) is 23.5 Å². The number of anilines is 1. The first-order valence-electron chi connectivity index (χ1n) is 6.47. The third-order valence-electron chi connectivity index (χ3n) is 3.42. The van der Waals surface area contributed by atoms with Crippen LogP contribution in [0.25, 0.3) is 0 Å². The van der Waals surface area contributed by atoms with Crippen molar-refractivity contribution in [3.05, 3.63) is 58.1 Å². The van der Waals surface area contributed by atoms with E-state index < -0.39 is 0 Å². The number of hydrogen-bond donors (Lipinski definition) is 1. The van der Waals surface area contributed by atoms with Gasteiger partial charge in [-0.05, 0) is 48.7 Å². The molecule has 0 spiro atoms. The molecule has 3 heteroatoms. The smallest absolute Gasteiger partial charge is 0.0371 e. The van der Waals surface area contributed by atoms with E-state index in [1.54, 1.807) is 0 Å². The number of nitrogens with one attached hydrogen (secondary N) is 1. The zero-order valence-electron chi connectivity index (χ0n) is 10.8. The average Bonchev–Trinajstić information content (AvgIpc) is 2.80. The van der Waals surface area contributed by atoms with Gasteiger partial charge >= 0.3 is 0 Å². The van der Waals surface area contributed by atoms with E-state index in [0.717, 1.165) is 11.0 Å². The molecule has 0 amide bonds. The van der Waals surface area contributed by atoms with Crippen LogP contribution in [0.3, 0.4) is 0 Å². The molecular weight excluding hydrogens is 318 g/mol. The molecule has 0 bridgehead atoms. The topological polar surface area (TPSA) is 12.0 Å². The molecule has 0 aromatic heterocycles. The van der Waals surface area contributed by atoms with E-state index in [-0.39, 0.29) is 0 Å². The Hall–Kier alpha value is -0.930. The van der Waals surface area contributed by atoms with Gasteiger partial charge in [0.25, 0.3) is 0 Å². The van der Waals surface area contributed by atoms with Crippen LogP contribution in [0.1, 0.15) is 11.1 Å². The van der Waals surface area contributed by atoms with Gasteiger partial charge in [0.1, 0.15) is 0 Å². The minimum absolute atomic E-state index is 0.639. The first-order valence-corrected chi connectivity index (χ1v) is 8.14. The Morgan fingerprint density at radius 3 is 2.89 bits per heavy atom. The van der Waals surface area contributed by atoms with Crippen molar-refractivity contribution >= 4 is 33.4 Å². The number of fused-ring (bicyclic) bond motifs is 1. The Labute approximate surface area is 126 Å². The van der Waals surface area contributed by atoms with Crippen LogP contribution in [0.2, 0.25) is 0 Å². The normalized spacial score (nSPS) is 17.3. The van der Waals surface area contributed by atoms with Crippen LogP contribution in [0.5, 0.6) is 0 Å². The SMILES string of the molecule is Cc1cc(Br)ccc1NCC1Cc2ccccc2S1. The molecular formula is C16H16BrNS. The molecule has 1 aliphatic heterocycles. The third kappa shape index (κ3) is 2.98. The minimum Gasteiger partial charge on any atom is -0.384 e. The fraction of sp³-hybridized carbons (Fsp3) is 0.250. The summed E-state index contributed by atoms with van der Waals surface area (Å²) < 4.78 is 1.14. The lowest BCUT2D eigenvalue weighted by Gasteiger charge is -2.13. The lowest BCUT2D eigenvalue weighted by Crippen LogP contribution is -2.16. The highest BCUT2D eigenvalue weighted by atomic mass is 79.9. The zero-order chi connectivity index (χ0) is 13.2. The second-order valence-corrected chi connectivity index (χ2v) is 7.15. The number of rotatable bonds is 3. The Kier molecular flexibility index (Phi) is 3.85. The molecule has 0 aliphatic carbocycles. The Balaban J connectivity index is 1.63. The number of hydrogen-bond acceptors (Lipinski definition) is 2. The van der Waals surface area contributed by atoms with Crippen molar-refractivity contribution in [1.29, 1.82) is 0 Å². The number of halogens is 1. The van der Waals surface area contributed by atoms with Gasteiger partial charge in [0.2, 0.25) is 0 Å². The molecule has 2 aromatic rings. The lowest BCUT2D eigenvalue weighted by molar-refractivity contribution is 0.898. The van der Waals surface area contributed by atoms with Crippen molar-refractivity contribution < 1.29 is 0 Å². The van der Waals surface area contributed by atoms with E-state index in [0.29, 0.717) is 5.25 Å². The van der Waals surface area contributed by atoms with Crippen molar-refractivity contribution in [3.63, 3.8) is 0 Å². The van der Waals surface area contributed by atoms with E-state index in [9.17, 15) is 0 Å². The fourth-order valence-electron chi connectivity index (χ4n) is 2.42. The summed E-state index contributed by atoms with van der Waals surface area (Å²) in [6.07, 6.45) is 1.17. The minimum atomic E-state index is 0.639. The van der Waals surface area contributed by atoms with Crippen LogP contribution in [-0.4, -0.2) is 11.8 Å². The highest BCUT2D eigenvalue weighted by Gasteiger charge is 2.21. The number of aryl methyl sites for hydroxylation is 1. The van der Waals surface area contributed by atoms with Gasteiger partial charge in [-0.2, -0.15) is 0 Å². The molecule has 98 valence electrons. The van der Waals surface area contributed by atoms with Gasteiger partial charge in [0.15, 0.2) is 0 Å². The summed E-state index contributed by atoms with van der Waals surface area (Å²) in [4.78, 5) is 1.45. The summed E-state index contributed by atoms with van der Waals surface area (Å²) in [6, 6.07) is 15.1. The summed E-state index contributed by atoms with van der Waals surface area (Å²) in [5.41, 5.74) is 4.02. The van der Waals surface area contributed by atoms with E-state index in [1.165, 1.54) is 28.1 Å². The van der Waals surface area contributed by atoms with Crippen LogP contribution in [0.15, 0.2) is 51.8 Å². The van der Waals surface area contributed by atoms with Gasteiger partial charge in [-0.15, -0.1) is 11.8 Å². The summed E-state index contributed by atoms with van der Waals surface area (Å²) in [5.74, 6) is 0. The quantitative estimate of drug-likeness (QED) is 0.858. The predicted molar refractivity (Wildman–Crippen MR) is 87.2 cm³/mol. The van der Waals surface area contributed by atoms with Crippen LogP contribution in [0.4, 0.5) is 5.69 Å². The van der Waals surface area contributed by atoms with Crippen LogP contribution < -0.4 is 5.32 Å². The standard InChI is InChI=1S/C16H16BrNS/c1-11-8-13(17)6-7-15(11)18-10-14-9-12-4-2-3-5-16(12)19-14/h2-8,14,18H,9-10H2,1H3. The molecule has 1 unspecified atom stereocenters. The van der Waals surface area contributed by atoms with E-state index in [1.807, 2.05) is 11.8 Å². The van der Waals surface area contributed by atoms with E-state index in [4.69, 9.17) is 0 Å². The predicted octanol–water partition coefficient (Wildman–Crippen LogP) is 4.89. The Morgan fingerprint density at radius 2 is 2.11 bits per heavy atom. The van der Waals surface area contributed by atoms with Gasteiger partial charge in [-0.1, -0.05) is 34.1 Å². The monoisotopic (exact) mass is 333 g/mol. The summed E-state index contributed by atoms with van der Waals surface area (Å²) in [6.45, 7) is 3.16. The molecule has 1 heterocycles. The van der Waals surface area contributed by atoms with Gasteiger partial charge < -0.3 is 5.32 Å². The second kappa shape index (κ2) is 5.59. The summed E-state index contributed by atoms with van der Waals surface area (Å²) in [5, 5.41) is 4.21. The van der Waals surface area contributed by atoms with Crippen molar-refractivity contribution in [2.75, 3.05) is 11.9 Å². The van der Waals surface area contributed by atoms with Crippen LogP contribution in [0, 0.1) is 6.92 Å². The van der Waals surface area contributed by atoms with Crippen LogP contribution >= 0.6 is 27.7 Å². The molecule has 1 aliphatic rings. The van der Waals surface area contributed by atoms with E-state index in [2.05, 4.69) is 70.6 Å². The molecule has 19 heavy (non-hydrogen) atoms. The van der Waals surface area contributed by atoms with E-state index >= 15 is 0 Å². The highest BCUT2D eigenvalue weighted by Crippen LogP contribution is 2.36. The van der Waals surface area contributed by atoms with Crippen molar-refractivity contribution in [2.24, 2.45) is 0 Å². The highest BCUT2D eigenvalue weighted by molar-refractivity contribution is 9.10. The molecule has 1 N–H and O–H groups in total. The molecule has 1 atom stereocenters. The molecule has 0 saturated carbocycles. The average molecular weight is 334 g/mol. The first kappa shape index (κ1) is 13.1. The fourth-order valence-corrected chi connectivity index (χ4v) is 4.14. The number of benzene rings is 2. The largest absolute Gasteiger partial charge is 0.384 e. The lowest BCUT2D eigenvalue weighted by atomic mass is 10.1. The van der Waals surface area contributed by atoms with Crippen molar-refractivity contribution in [1.82, 2.24) is 0 Å². The molecule has 0 saturated heterocycles. The second-order valence-electron chi connectivity index (χ2n) is 4.89. The maximum Gasteiger partial charge on any atom is 0.0371 e. The molecule has 0 radical (unpaired) electrons. The Morgan fingerprint density at radius 1 is 1.26 bits per heavy atom. The molecule has 1 nitrogen and oxygen atoms in total. The van der Waals surface area contributed by atoms with Gasteiger partial charge in [-0.3, -0.25) is 0 Å². The number of thioether (sulfide) groups is 1.